The zero-order valence-electron chi connectivity index (χ0n) is 11.3. The molecule has 2 nitrogen and oxygen atoms in total. The molecule has 0 aliphatic carbocycles. The molecular weight excluding hydrogens is 393 g/mol. The predicted molar refractivity (Wildman–Crippen MR) is 97.0 cm³/mol. The Morgan fingerprint density at radius 2 is 2.29 bits per heavy atom. The first-order valence-electron chi connectivity index (χ1n) is 6.22. The van der Waals surface area contributed by atoms with E-state index in [1.54, 1.807) is 34.9 Å². The van der Waals surface area contributed by atoms with Gasteiger partial charge in [-0.1, -0.05) is 30.0 Å². The molecule has 1 saturated heterocycles. The number of hydrogen-bond donors (Lipinski definition) is 0. The second kappa shape index (κ2) is 7.76. The molecule has 21 heavy (non-hydrogen) atoms. The summed E-state index contributed by atoms with van der Waals surface area (Å²) in [5.74, 6) is 0.615. The van der Waals surface area contributed by atoms with Crippen LogP contribution < -0.4 is 0 Å². The zero-order valence-corrected chi connectivity index (χ0v) is 15.3. The van der Waals surface area contributed by atoms with Crippen molar-refractivity contribution in [2.75, 3.05) is 18.6 Å². The molecule has 1 aromatic carbocycles. The van der Waals surface area contributed by atoms with Gasteiger partial charge in [0, 0.05) is 6.54 Å². The van der Waals surface area contributed by atoms with Gasteiger partial charge in [0.05, 0.1) is 9.38 Å². The SMILES string of the molecule is CSCCCN1C(=O)/C(=C\c2ccc(F)c(Br)c2)SC1=S. The van der Waals surface area contributed by atoms with E-state index in [1.165, 1.54) is 17.8 Å². The van der Waals surface area contributed by atoms with Gasteiger partial charge in [-0.15, -0.1) is 0 Å². The fourth-order valence-electron chi connectivity index (χ4n) is 1.81. The number of nitrogens with zero attached hydrogens (tertiary/aromatic N) is 1. The molecule has 0 radical (unpaired) electrons. The fraction of sp³-hybridized carbons (Fsp3) is 0.286. The third-order valence-corrected chi connectivity index (χ3v) is 5.53. The topological polar surface area (TPSA) is 20.3 Å². The molecule has 1 heterocycles. The summed E-state index contributed by atoms with van der Waals surface area (Å²) >= 11 is 11.4. The molecule has 0 N–H and O–H groups in total. The Morgan fingerprint density at radius 3 is 2.95 bits per heavy atom. The molecule has 2 rings (SSSR count). The normalized spacial score (nSPS) is 17.1. The highest BCUT2D eigenvalue weighted by Gasteiger charge is 2.31. The lowest BCUT2D eigenvalue weighted by Crippen LogP contribution is -2.29. The zero-order chi connectivity index (χ0) is 15.4. The molecular formula is C14H13BrFNOS3. The molecule has 0 saturated carbocycles. The number of hydrogen-bond acceptors (Lipinski definition) is 4. The van der Waals surface area contributed by atoms with Gasteiger partial charge >= 0.3 is 0 Å². The lowest BCUT2D eigenvalue weighted by molar-refractivity contribution is -0.122. The highest BCUT2D eigenvalue weighted by molar-refractivity contribution is 9.10. The number of benzene rings is 1. The van der Waals surface area contributed by atoms with Crippen LogP contribution in [0.4, 0.5) is 4.39 Å². The number of carbonyl (C=O) groups is 1. The molecule has 1 aromatic rings. The van der Waals surface area contributed by atoms with Crippen LogP contribution in [0, 0.1) is 5.82 Å². The average molecular weight is 406 g/mol. The lowest BCUT2D eigenvalue weighted by Gasteiger charge is -2.13. The molecule has 0 unspecified atom stereocenters. The molecule has 7 heteroatoms. The van der Waals surface area contributed by atoms with Gasteiger partial charge in [0.25, 0.3) is 5.91 Å². The first kappa shape index (κ1) is 17.0. The maximum atomic E-state index is 13.2. The Balaban J connectivity index is 2.13. The minimum Gasteiger partial charge on any atom is -0.293 e. The van der Waals surface area contributed by atoms with Crippen LogP contribution >= 0.6 is 51.7 Å². The number of carbonyl (C=O) groups excluding carboxylic acids is 1. The van der Waals surface area contributed by atoms with Gasteiger partial charge in [0.1, 0.15) is 10.1 Å². The van der Waals surface area contributed by atoms with Crippen LogP contribution in [0.3, 0.4) is 0 Å². The van der Waals surface area contributed by atoms with E-state index in [4.69, 9.17) is 12.2 Å². The second-order valence-electron chi connectivity index (χ2n) is 4.35. The van der Waals surface area contributed by atoms with Crippen LogP contribution in [0.2, 0.25) is 0 Å². The van der Waals surface area contributed by atoms with Crippen molar-refractivity contribution in [3.63, 3.8) is 0 Å². The number of amides is 1. The minimum atomic E-state index is -0.322. The van der Waals surface area contributed by atoms with Crippen molar-refractivity contribution < 1.29 is 9.18 Å². The number of halogens is 2. The summed E-state index contributed by atoms with van der Waals surface area (Å²) in [6.07, 6.45) is 4.71. The van der Waals surface area contributed by atoms with Crippen LogP contribution in [0.1, 0.15) is 12.0 Å². The second-order valence-corrected chi connectivity index (χ2v) is 7.87. The van der Waals surface area contributed by atoms with Crippen LogP contribution in [-0.2, 0) is 4.79 Å². The van der Waals surface area contributed by atoms with E-state index < -0.39 is 0 Å². The largest absolute Gasteiger partial charge is 0.293 e. The number of thioether (sulfide) groups is 2. The van der Waals surface area contributed by atoms with E-state index >= 15 is 0 Å². The van der Waals surface area contributed by atoms with Crippen molar-refractivity contribution in [2.24, 2.45) is 0 Å². The predicted octanol–water partition coefficient (Wildman–Crippen LogP) is 4.54. The monoisotopic (exact) mass is 405 g/mol. The van der Waals surface area contributed by atoms with E-state index in [0.29, 0.717) is 20.2 Å². The Hall–Kier alpha value is -0.370. The third kappa shape index (κ3) is 4.31. The molecule has 0 bridgehead atoms. The van der Waals surface area contributed by atoms with Gasteiger partial charge in [-0.25, -0.2) is 4.39 Å². The van der Waals surface area contributed by atoms with Gasteiger partial charge in [-0.3, -0.25) is 9.69 Å². The van der Waals surface area contributed by atoms with Gasteiger partial charge in [0.2, 0.25) is 0 Å². The molecule has 0 atom stereocenters. The third-order valence-electron chi connectivity index (χ3n) is 2.85. The van der Waals surface area contributed by atoms with Crippen molar-refractivity contribution in [1.82, 2.24) is 4.90 Å². The summed E-state index contributed by atoms with van der Waals surface area (Å²) in [7, 11) is 0. The minimum absolute atomic E-state index is 0.0634. The van der Waals surface area contributed by atoms with Crippen molar-refractivity contribution in [1.29, 1.82) is 0 Å². The van der Waals surface area contributed by atoms with Crippen LogP contribution in [0.25, 0.3) is 6.08 Å². The van der Waals surface area contributed by atoms with E-state index in [0.717, 1.165) is 17.7 Å². The molecule has 0 spiro atoms. The first-order chi connectivity index (χ1) is 10.0. The lowest BCUT2D eigenvalue weighted by atomic mass is 10.2. The average Bonchev–Trinajstić information content (AvgIpc) is 2.70. The molecule has 112 valence electrons. The summed E-state index contributed by atoms with van der Waals surface area (Å²) in [6, 6.07) is 4.66. The molecule has 0 aromatic heterocycles. The number of rotatable bonds is 5. The number of thiocarbonyl (C=S) groups is 1. The fourth-order valence-corrected chi connectivity index (χ4v) is 3.94. The van der Waals surface area contributed by atoms with Crippen LogP contribution in [-0.4, -0.2) is 33.7 Å². The first-order valence-corrected chi connectivity index (χ1v) is 9.63. The van der Waals surface area contributed by atoms with Gasteiger partial charge in [0.15, 0.2) is 0 Å². The maximum Gasteiger partial charge on any atom is 0.266 e. The van der Waals surface area contributed by atoms with Crippen molar-refractivity contribution >= 4 is 68.0 Å². The van der Waals surface area contributed by atoms with Crippen LogP contribution in [0.5, 0.6) is 0 Å². The molecule has 1 fully saturated rings. The van der Waals surface area contributed by atoms with Crippen molar-refractivity contribution in [3.8, 4) is 0 Å². The van der Waals surface area contributed by atoms with Crippen LogP contribution in [0.15, 0.2) is 27.6 Å². The Bertz CT molecular complexity index is 606. The summed E-state index contributed by atoms with van der Waals surface area (Å²) in [5, 5.41) is 0. The molecule has 1 aliphatic rings. The van der Waals surface area contributed by atoms with Gasteiger partial charge in [-0.2, -0.15) is 11.8 Å². The van der Waals surface area contributed by atoms with E-state index in [1.807, 2.05) is 6.26 Å². The molecule has 1 aliphatic heterocycles. The van der Waals surface area contributed by atoms with E-state index in [-0.39, 0.29) is 11.7 Å². The highest BCUT2D eigenvalue weighted by Crippen LogP contribution is 2.33. The summed E-state index contributed by atoms with van der Waals surface area (Å²) in [6.45, 7) is 0.649. The van der Waals surface area contributed by atoms with Gasteiger partial charge < -0.3 is 0 Å². The standard InChI is InChI=1S/C14H13BrFNOS3/c1-20-6-2-5-17-13(18)12(21-14(17)19)8-9-3-4-11(16)10(15)7-9/h3-4,7-8H,2,5-6H2,1H3/b12-8+. The smallest absolute Gasteiger partial charge is 0.266 e. The van der Waals surface area contributed by atoms with Crippen molar-refractivity contribution in [3.05, 3.63) is 39.0 Å². The Labute approximate surface area is 145 Å². The molecule has 1 amide bonds. The quantitative estimate of drug-likeness (QED) is 0.406. The summed E-state index contributed by atoms with van der Waals surface area (Å²) in [5.41, 5.74) is 0.771. The summed E-state index contributed by atoms with van der Waals surface area (Å²) < 4.78 is 14.2. The summed E-state index contributed by atoms with van der Waals surface area (Å²) in [4.78, 5) is 14.5. The van der Waals surface area contributed by atoms with E-state index in [9.17, 15) is 9.18 Å². The van der Waals surface area contributed by atoms with Gasteiger partial charge in [-0.05, 0) is 58.1 Å². The highest BCUT2D eigenvalue weighted by atomic mass is 79.9. The Morgan fingerprint density at radius 1 is 1.52 bits per heavy atom. The van der Waals surface area contributed by atoms with E-state index in [2.05, 4.69) is 15.9 Å². The van der Waals surface area contributed by atoms with Crippen molar-refractivity contribution in [2.45, 2.75) is 6.42 Å². The maximum absolute atomic E-state index is 13.2. The Kier molecular flexibility index (Phi) is 6.28.